The summed E-state index contributed by atoms with van der Waals surface area (Å²) in [6.07, 6.45) is 2.38. The van der Waals surface area contributed by atoms with Crippen molar-refractivity contribution in [2.45, 2.75) is 12.8 Å². The summed E-state index contributed by atoms with van der Waals surface area (Å²) in [7, 11) is 4.24. The summed E-state index contributed by atoms with van der Waals surface area (Å²) in [5, 5.41) is 6.05. The molecule has 3 rings (SSSR count). The molecule has 0 amide bonds. The SMILES string of the molecule is CN(C)CCCCNc1c2ccccc2nc2ccccc12. The van der Waals surface area contributed by atoms with Crippen LogP contribution in [0.4, 0.5) is 5.69 Å². The van der Waals surface area contributed by atoms with Gasteiger partial charge >= 0.3 is 0 Å². The van der Waals surface area contributed by atoms with Crippen LogP contribution in [0.15, 0.2) is 48.5 Å². The van der Waals surface area contributed by atoms with Gasteiger partial charge in [0.15, 0.2) is 0 Å². The molecule has 0 aliphatic rings. The van der Waals surface area contributed by atoms with Gasteiger partial charge in [-0.2, -0.15) is 0 Å². The van der Waals surface area contributed by atoms with E-state index in [4.69, 9.17) is 4.98 Å². The Labute approximate surface area is 132 Å². The second kappa shape index (κ2) is 6.75. The van der Waals surface area contributed by atoms with Gasteiger partial charge in [0.2, 0.25) is 0 Å². The standard InChI is InChI=1S/C19H23N3/c1-22(2)14-8-7-13-20-19-15-9-3-5-11-17(15)21-18-12-6-4-10-16(18)19/h3-6,9-12H,7-8,13-14H2,1-2H3,(H,20,21). The highest BCUT2D eigenvalue weighted by Crippen LogP contribution is 2.30. The molecular formula is C19H23N3. The Morgan fingerprint density at radius 3 is 2.05 bits per heavy atom. The molecular weight excluding hydrogens is 270 g/mol. The molecule has 0 spiro atoms. The summed E-state index contributed by atoms with van der Waals surface area (Å²) in [5.74, 6) is 0. The maximum atomic E-state index is 4.76. The van der Waals surface area contributed by atoms with Crippen molar-refractivity contribution in [3.63, 3.8) is 0 Å². The number of aromatic nitrogens is 1. The fourth-order valence-corrected chi connectivity index (χ4v) is 2.80. The summed E-state index contributed by atoms with van der Waals surface area (Å²) in [6.45, 7) is 2.13. The Morgan fingerprint density at radius 2 is 1.45 bits per heavy atom. The van der Waals surface area contributed by atoms with Crippen LogP contribution < -0.4 is 5.32 Å². The third-order valence-corrected chi connectivity index (χ3v) is 3.92. The van der Waals surface area contributed by atoms with E-state index in [2.05, 4.69) is 60.7 Å². The number of hydrogen-bond acceptors (Lipinski definition) is 3. The first-order valence-electron chi connectivity index (χ1n) is 7.92. The molecule has 1 heterocycles. The first-order valence-corrected chi connectivity index (χ1v) is 7.92. The quantitative estimate of drug-likeness (QED) is 0.547. The second-order valence-corrected chi connectivity index (χ2v) is 5.96. The highest BCUT2D eigenvalue weighted by atomic mass is 15.0. The Hall–Kier alpha value is -2.13. The van der Waals surface area contributed by atoms with Gasteiger partial charge in [-0.1, -0.05) is 36.4 Å². The van der Waals surface area contributed by atoms with Crippen molar-refractivity contribution in [1.82, 2.24) is 9.88 Å². The zero-order valence-corrected chi connectivity index (χ0v) is 13.3. The van der Waals surface area contributed by atoms with Crippen LogP contribution in [0.25, 0.3) is 21.8 Å². The number of benzene rings is 2. The van der Waals surface area contributed by atoms with Gasteiger partial charge < -0.3 is 10.2 Å². The number of nitrogens with zero attached hydrogens (tertiary/aromatic N) is 2. The molecule has 1 aromatic heterocycles. The van der Waals surface area contributed by atoms with Crippen LogP contribution in [-0.2, 0) is 0 Å². The summed E-state index contributed by atoms with van der Waals surface area (Å²) < 4.78 is 0. The van der Waals surface area contributed by atoms with Crippen molar-refractivity contribution in [3.8, 4) is 0 Å². The van der Waals surface area contributed by atoms with Crippen molar-refractivity contribution >= 4 is 27.5 Å². The Kier molecular flexibility index (Phi) is 4.54. The van der Waals surface area contributed by atoms with E-state index in [1.165, 1.54) is 29.3 Å². The predicted octanol–water partition coefficient (Wildman–Crippen LogP) is 4.14. The predicted molar refractivity (Wildman–Crippen MR) is 95.5 cm³/mol. The smallest absolute Gasteiger partial charge is 0.0730 e. The van der Waals surface area contributed by atoms with Crippen molar-refractivity contribution in [1.29, 1.82) is 0 Å². The zero-order chi connectivity index (χ0) is 15.4. The van der Waals surface area contributed by atoms with E-state index in [9.17, 15) is 0 Å². The minimum atomic E-state index is 0.992. The van der Waals surface area contributed by atoms with Gasteiger partial charge in [0.25, 0.3) is 0 Å². The number of nitrogens with one attached hydrogen (secondary N) is 1. The topological polar surface area (TPSA) is 28.2 Å². The van der Waals surface area contributed by atoms with Gasteiger partial charge in [0, 0.05) is 17.3 Å². The van der Waals surface area contributed by atoms with Crippen molar-refractivity contribution in [2.24, 2.45) is 0 Å². The van der Waals surface area contributed by atoms with Crippen molar-refractivity contribution in [3.05, 3.63) is 48.5 Å². The number of hydrogen-bond donors (Lipinski definition) is 1. The van der Waals surface area contributed by atoms with E-state index in [0.717, 1.165) is 24.1 Å². The molecule has 0 unspecified atom stereocenters. The molecule has 114 valence electrons. The fourth-order valence-electron chi connectivity index (χ4n) is 2.80. The number of fused-ring (bicyclic) bond motifs is 2. The van der Waals surface area contributed by atoms with Gasteiger partial charge in [-0.25, -0.2) is 4.98 Å². The van der Waals surface area contributed by atoms with E-state index in [0.29, 0.717) is 0 Å². The van der Waals surface area contributed by atoms with Crippen LogP contribution in [0.3, 0.4) is 0 Å². The number of unbranched alkanes of at least 4 members (excludes halogenated alkanes) is 1. The molecule has 0 atom stereocenters. The maximum absolute atomic E-state index is 4.76. The largest absolute Gasteiger partial charge is 0.384 e. The first-order chi connectivity index (χ1) is 10.8. The molecule has 0 aliphatic heterocycles. The highest BCUT2D eigenvalue weighted by Gasteiger charge is 2.07. The average Bonchev–Trinajstić information content (AvgIpc) is 2.53. The average molecular weight is 293 g/mol. The lowest BCUT2D eigenvalue weighted by Gasteiger charge is -2.14. The lowest BCUT2D eigenvalue weighted by molar-refractivity contribution is 0.396. The third kappa shape index (κ3) is 3.20. The van der Waals surface area contributed by atoms with Gasteiger partial charge in [-0.15, -0.1) is 0 Å². The molecule has 0 bridgehead atoms. The molecule has 0 radical (unpaired) electrons. The van der Waals surface area contributed by atoms with E-state index in [-0.39, 0.29) is 0 Å². The van der Waals surface area contributed by atoms with Crippen LogP contribution in [0, 0.1) is 0 Å². The summed E-state index contributed by atoms with van der Waals surface area (Å²) in [5.41, 5.74) is 3.32. The van der Waals surface area contributed by atoms with Gasteiger partial charge in [0.1, 0.15) is 0 Å². The minimum Gasteiger partial charge on any atom is -0.384 e. The highest BCUT2D eigenvalue weighted by molar-refractivity contribution is 6.07. The Morgan fingerprint density at radius 1 is 0.864 bits per heavy atom. The molecule has 0 saturated heterocycles. The van der Waals surface area contributed by atoms with E-state index in [1.807, 2.05) is 12.1 Å². The molecule has 3 heteroatoms. The fraction of sp³-hybridized carbons (Fsp3) is 0.316. The van der Waals surface area contributed by atoms with Crippen LogP contribution in [-0.4, -0.2) is 37.1 Å². The second-order valence-electron chi connectivity index (χ2n) is 5.96. The normalized spacial score (nSPS) is 11.4. The number of pyridine rings is 1. The minimum absolute atomic E-state index is 0.992. The van der Waals surface area contributed by atoms with Gasteiger partial charge in [-0.05, 0) is 45.6 Å². The monoisotopic (exact) mass is 293 g/mol. The summed E-state index contributed by atoms with van der Waals surface area (Å²) in [4.78, 5) is 6.99. The lowest BCUT2D eigenvalue weighted by Crippen LogP contribution is -2.14. The van der Waals surface area contributed by atoms with Crippen molar-refractivity contribution < 1.29 is 0 Å². The van der Waals surface area contributed by atoms with Gasteiger partial charge in [-0.3, -0.25) is 0 Å². The lowest BCUT2D eigenvalue weighted by atomic mass is 10.1. The number of anilines is 1. The van der Waals surface area contributed by atoms with Crippen LogP contribution in [0.2, 0.25) is 0 Å². The molecule has 0 aliphatic carbocycles. The third-order valence-electron chi connectivity index (χ3n) is 3.92. The number of para-hydroxylation sites is 2. The number of rotatable bonds is 6. The van der Waals surface area contributed by atoms with Crippen molar-refractivity contribution in [2.75, 3.05) is 32.5 Å². The first kappa shape index (κ1) is 14.8. The molecule has 1 N–H and O–H groups in total. The Bertz CT molecular complexity index is 711. The molecule has 3 nitrogen and oxygen atoms in total. The van der Waals surface area contributed by atoms with Crippen LogP contribution >= 0.6 is 0 Å². The van der Waals surface area contributed by atoms with E-state index in [1.54, 1.807) is 0 Å². The van der Waals surface area contributed by atoms with E-state index < -0.39 is 0 Å². The Balaban J connectivity index is 1.88. The summed E-state index contributed by atoms with van der Waals surface area (Å²) in [6, 6.07) is 16.7. The molecule has 2 aromatic carbocycles. The van der Waals surface area contributed by atoms with Crippen LogP contribution in [0.1, 0.15) is 12.8 Å². The molecule has 22 heavy (non-hydrogen) atoms. The molecule has 0 fully saturated rings. The van der Waals surface area contributed by atoms with E-state index >= 15 is 0 Å². The molecule has 3 aromatic rings. The van der Waals surface area contributed by atoms with Gasteiger partial charge in [0.05, 0.1) is 16.7 Å². The summed E-state index contributed by atoms with van der Waals surface area (Å²) >= 11 is 0. The zero-order valence-electron chi connectivity index (χ0n) is 13.3. The maximum Gasteiger partial charge on any atom is 0.0730 e. The van der Waals surface area contributed by atoms with Crippen LogP contribution in [0.5, 0.6) is 0 Å². The molecule has 0 saturated carbocycles.